The highest BCUT2D eigenvalue weighted by atomic mass is 35.5. The standard InChI is InChI=1S/C9H8ClN/c1-6-4-5-7(2)9(11-3)8(6)10/h4-5H,1-2H3. The van der Waals surface area contributed by atoms with Crippen LogP contribution in [0.1, 0.15) is 11.1 Å². The first kappa shape index (κ1) is 8.10. The zero-order chi connectivity index (χ0) is 8.43. The van der Waals surface area contributed by atoms with Crippen molar-refractivity contribution in [1.29, 1.82) is 0 Å². The molecule has 0 atom stereocenters. The van der Waals surface area contributed by atoms with Gasteiger partial charge >= 0.3 is 0 Å². The molecule has 0 radical (unpaired) electrons. The first-order valence-electron chi connectivity index (χ1n) is 3.30. The number of hydrogen-bond donors (Lipinski definition) is 0. The number of halogens is 1. The molecule has 11 heavy (non-hydrogen) atoms. The first-order valence-corrected chi connectivity index (χ1v) is 3.67. The second-order valence-corrected chi connectivity index (χ2v) is 2.85. The van der Waals surface area contributed by atoms with Crippen LogP contribution in [-0.2, 0) is 0 Å². The lowest BCUT2D eigenvalue weighted by atomic mass is 10.1. The number of hydrogen-bond acceptors (Lipinski definition) is 0. The van der Waals surface area contributed by atoms with E-state index in [2.05, 4.69) is 4.85 Å². The molecule has 0 unspecified atom stereocenters. The monoisotopic (exact) mass is 165 g/mol. The van der Waals surface area contributed by atoms with Crippen molar-refractivity contribution < 1.29 is 0 Å². The molecule has 0 aliphatic heterocycles. The van der Waals surface area contributed by atoms with E-state index >= 15 is 0 Å². The van der Waals surface area contributed by atoms with Gasteiger partial charge in [0.1, 0.15) is 0 Å². The van der Waals surface area contributed by atoms with Crippen molar-refractivity contribution in [2.24, 2.45) is 0 Å². The Morgan fingerprint density at radius 2 is 1.82 bits per heavy atom. The van der Waals surface area contributed by atoms with Crippen molar-refractivity contribution in [3.63, 3.8) is 0 Å². The van der Waals surface area contributed by atoms with E-state index in [1.165, 1.54) is 0 Å². The van der Waals surface area contributed by atoms with Crippen molar-refractivity contribution >= 4 is 17.3 Å². The molecule has 1 nitrogen and oxygen atoms in total. The van der Waals surface area contributed by atoms with Crippen LogP contribution in [-0.4, -0.2) is 0 Å². The molecule has 0 saturated heterocycles. The quantitative estimate of drug-likeness (QED) is 0.519. The van der Waals surface area contributed by atoms with Gasteiger partial charge in [-0.3, -0.25) is 0 Å². The third kappa shape index (κ3) is 1.36. The van der Waals surface area contributed by atoms with Crippen LogP contribution in [0.15, 0.2) is 12.1 Å². The molecular weight excluding hydrogens is 158 g/mol. The largest absolute Gasteiger partial charge is 0.236 e. The van der Waals surface area contributed by atoms with E-state index in [0.717, 1.165) is 11.1 Å². The summed E-state index contributed by atoms with van der Waals surface area (Å²) in [6, 6.07) is 3.83. The molecule has 0 aliphatic rings. The fourth-order valence-corrected chi connectivity index (χ4v) is 1.15. The highest BCUT2D eigenvalue weighted by Gasteiger charge is 2.04. The van der Waals surface area contributed by atoms with Gasteiger partial charge in [-0.05, 0) is 25.0 Å². The molecule has 0 spiro atoms. The summed E-state index contributed by atoms with van der Waals surface area (Å²) in [6.45, 7) is 10.6. The van der Waals surface area contributed by atoms with Crippen molar-refractivity contribution in [3.8, 4) is 0 Å². The van der Waals surface area contributed by atoms with E-state index in [0.29, 0.717) is 10.7 Å². The topological polar surface area (TPSA) is 4.36 Å². The van der Waals surface area contributed by atoms with Crippen LogP contribution in [0.25, 0.3) is 4.85 Å². The Morgan fingerprint density at radius 3 is 2.27 bits per heavy atom. The van der Waals surface area contributed by atoms with Gasteiger partial charge in [-0.1, -0.05) is 23.7 Å². The van der Waals surface area contributed by atoms with E-state index < -0.39 is 0 Å². The summed E-state index contributed by atoms with van der Waals surface area (Å²) in [5.74, 6) is 0. The predicted molar refractivity (Wildman–Crippen MR) is 47.2 cm³/mol. The normalized spacial score (nSPS) is 9.27. The predicted octanol–water partition coefficient (Wildman–Crippen LogP) is 3.51. The van der Waals surface area contributed by atoms with Gasteiger partial charge in [0.05, 0.1) is 11.6 Å². The molecule has 0 aliphatic carbocycles. The smallest absolute Gasteiger partial charge is 0.208 e. The molecule has 1 aromatic carbocycles. The first-order chi connectivity index (χ1) is 5.16. The van der Waals surface area contributed by atoms with Gasteiger partial charge in [-0.25, -0.2) is 4.85 Å². The molecule has 0 aromatic heterocycles. The Morgan fingerprint density at radius 1 is 1.27 bits per heavy atom. The second kappa shape index (κ2) is 2.94. The maximum Gasteiger partial charge on any atom is 0.208 e. The molecule has 56 valence electrons. The summed E-state index contributed by atoms with van der Waals surface area (Å²) >= 11 is 5.88. The highest BCUT2D eigenvalue weighted by molar-refractivity contribution is 6.34. The summed E-state index contributed by atoms with van der Waals surface area (Å²) < 4.78 is 0. The summed E-state index contributed by atoms with van der Waals surface area (Å²) in [5, 5.41) is 0.583. The SMILES string of the molecule is [C-]#[N+]c1c(C)ccc(C)c1Cl. The minimum atomic E-state index is 0.576. The Balaban J connectivity index is 3.44. The minimum absolute atomic E-state index is 0.576. The fraction of sp³-hybridized carbons (Fsp3) is 0.222. The van der Waals surface area contributed by atoms with Gasteiger partial charge in [0.25, 0.3) is 0 Å². The summed E-state index contributed by atoms with van der Waals surface area (Å²) in [7, 11) is 0. The zero-order valence-electron chi connectivity index (χ0n) is 6.48. The van der Waals surface area contributed by atoms with Gasteiger partial charge in [0.2, 0.25) is 5.69 Å². The van der Waals surface area contributed by atoms with Crippen molar-refractivity contribution in [2.45, 2.75) is 13.8 Å². The Bertz CT molecular complexity index is 323. The molecule has 1 aromatic rings. The highest BCUT2D eigenvalue weighted by Crippen LogP contribution is 2.31. The van der Waals surface area contributed by atoms with E-state index in [1.54, 1.807) is 0 Å². The van der Waals surface area contributed by atoms with Crippen LogP contribution >= 0.6 is 11.6 Å². The van der Waals surface area contributed by atoms with Crippen LogP contribution in [0.4, 0.5) is 5.69 Å². The number of benzene rings is 1. The molecule has 0 N–H and O–H groups in total. The molecule has 0 fully saturated rings. The van der Waals surface area contributed by atoms with Crippen LogP contribution in [0, 0.1) is 20.4 Å². The van der Waals surface area contributed by atoms with Gasteiger partial charge in [-0.15, -0.1) is 0 Å². The van der Waals surface area contributed by atoms with Crippen molar-refractivity contribution in [3.05, 3.63) is 39.7 Å². The number of nitrogens with zero attached hydrogens (tertiary/aromatic N) is 1. The van der Waals surface area contributed by atoms with Gasteiger partial charge in [0.15, 0.2) is 0 Å². The van der Waals surface area contributed by atoms with E-state index in [1.807, 2.05) is 26.0 Å². The van der Waals surface area contributed by atoms with Crippen molar-refractivity contribution in [1.82, 2.24) is 0 Å². The summed E-state index contributed by atoms with van der Waals surface area (Å²) in [4.78, 5) is 3.35. The van der Waals surface area contributed by atoms with Gasteiger partial charge in [0, 0.05) is 0 Å². The second-order valence-electron chi connectivity index (χ2n) is 2.47. The van der Waals surface area contributed by atoms with Gasteiger partial charge < -0.3 is 0 Å². The Labute approximate surface area is 71.4 Å². The van der Waals surface area contributed by atoms with E-state index in [4.69, 9.17) is 18.2 Å². The average Bonchev–Trinajstić information content (AvgIpc) is 1.99. The van der Waals surface area contributed by atoms with Gasteiger partial charge in [-0.2, -0.15) is 0 Å². The molecule has 2 heteroatoms. The lowest BCUT2D eigenvalue weighted by Gasteiger charge is -2.01. The minimum Gasteiger partial charge on any atom is -0.236 e. The molecule has 0 amide bonds. The van der Waals surface area contributed by atoms with Crippen LogP contribution in [0.5, 0.6) is 0 Å². The Hall–Kier alpha value is -1.00. The maximum absolute atomic E-state index is 6.86. The molecule has 0 heterocycles. The third-order valence-electron chi connectivity index (χ3n) is 1.62. The maximum atomic E-state index is 6.86. The fourth-order valence-electron chi connectivity index (χ4n) is 0.899. The molecular formula is C9H8ClN. The van der Waals surface area contributed by atoms with Crippen LogP contribution in [0.2, 0.25) is 5.02 Å². The molecule has 0 bridgehead atoms. The summed E-state index contributed by atoms with van der Waals surface area (Å²) in [5.41, 5.74) is 2.48. The third-order valence-corrected chi connectivity index (χ3v) is 2.10. The average molecular weight is 166 g/mol. The lowest BCUT2D eigenvalue weighted by molar-refractivity contribution is 1.41. The summed E-state index contributed by atoms with van der Waals surface area (Å²) in [6.07, 6.45) is 0. The number of rotatable bonds is 0. The van der Waals surface area contributed by atoms with Crippen LogP contribution < -0.4 is 0 Å². The lowest BCUT2D eigenvalue weighted by Crippen LogP contribution is -1.78. The number of aryl methyl sites for hydroxylation is 2. The van der Waals surface area contributed by atoms with Crippen molar-refractivity contribution in [2.75, 3.05) is 0 Å². The van der Waals surface area contributed by atoms with E-state index in [-0.39, 0.29) is 0 Å². The van der Waals surface area contributed by atoms with E-state index in [9.17, 15) is 0 Å². The van der Waals surface area contributed by atoms with Crippen LogP contribution in [0.3, 0.4) is 0 Å². The molecule has 1 rings (SSSR count). The zero-order valence-corrected chi connectivity index (χ0v) is 7.24. The Kier molecular flexibility index (Phi) is 2.16. The molecule has 0 saturated carbocycles.